The van der Waals surface area contributed by atoms with Gasteiger partial charge in [-0.2, -0.15) is 0 Å². The van der Waals surface area contributed by atoms with Gasteiger partial charge in [-0.1, -0.05) is 0 Å². The smallest absolute Gasteiger partial charge is 0.325 e. The third kappa shape index (κ3) is 13.2. The minimum Gasteiger partial charge on any atom is -0.459 e. The molecule has 3 amide bonds. The van der Waals surface area contributed by atoms with Crippen molar-refractivity contribution in [2.45, 2.75) is 39.2 Å². The molecule has 0 aliphatic rings. The molecule has 0 aliphatic heterocycles. The molecule has 0 aliphatic carbocycles. The first kappa shape index (κ1) is 20.8. The fourth-order valence-electron chi connectivity index (χ4n) is 1.38. The van der Waals surface area contributed by atoms with Crippen LogP contribution >= 0.6 is 0 Å². The second kappa shape index (κ2) is 10.5. The minimum atomic E-state index is -0.627. The lowest BCUT2D eigenvalue weighted by atomic mass is 10.2. The minimum absolute atomic E-state index is 0.219. The Balaban J connectivity index is 3.82. The summed E-state index contributed by atoms with van der Waals surface area (Å²) in [6.45, 7) is 4.76. The molecule has 23 heavy (non-hydrogen) atoms. The highest BCUT2D eigenvalue weighted by molar-refractivity contribution is 5.89. The molecule has 0 saturated carbocycles. The van der Waals surface area contributed by atoms with Gasteiger partial charge in [0.25, 0.3) is 0 Å². The van der Waals surface area contributed by atoms with Gasteiger partial charge in [-0.05, 0) is 33.7 Å². The first-order chi connectivity index (χ1) is 10.6. The van der Waals surface area contributed by atoms with Crippen LogP contribution in [0.25, 0.3) is 0 Å². The SMILES string of the molecule is CC(C)(C)OC(=O)CNC(=O)CNC(=O)CNC(=O)CCCN. The van der Waals surface area contributed by atoms with Gasteiger partial charge in [-0.3, -0.25) is 19.2 Å². The third-order valence-corrected chi connectivity index (χ3v) is 2.35. The monoisotopic (exact) mass is 330 g/mol. The van der Waals surface area contributed by atoms with E-state index in [1.807, 2.05) is 0 Å². The lowest BCUT2D eigenvalue weighted by Crippen LogP contribution is -2.43. The average molecular weight is 330 g/mol. The predicted octanol–water partition coefficient (Wildman–Crippen LogP) is -1.58. The maximum absolute atomic E-state index is 11.5. The van der Waals surface area contributed by atoms with E-state index in [0.29, 0.717) is 13.0 Å². The number of hydrogen-bond donors (Lipinski definition) is 4. The average Bonchev–Trinajstić information content (AvgIpc) is 2.44. The normalized spacial score (nSPS) is 10.6. The van der Waals surface area contributed by atoms with E-state index in [4.69, 9.17) is 10.5 Å². The topological polar surface area (TPSA) is 140 Å². The lowest BCUT2D eigenvalue weighted by molar-refractivity contribution is -0.154. The molecule has 0 bridgehead atoms. The third-order valence-electron chi connectivity index (χ3n) is 2.35. The van der Waals surface area contributed by atoms with Gasteiger partial charge in [0, 0.05) is 6.42 Å². The first-order valence-electron chi connectivity index (χ1n) is 7.36. The van der Waals surface area contributed by atoms with Gasteiger partial charge in [-0.25, -0.2) is 0 Å². The van der Waals surface area contributed by atoms with Crippen molar-refractivity contribution < 1.29 is 23.9 Å². The van der Waals surface area contributed by atoms with E-state index in [1.165, 1.54) is 0 Å². The molecular formula is C14H26N4O5. The number of carbonyl (C=O) groups excluding carboxylic acids is 4. The number of carbonyl (C=O) groups is 4. The van der Waals surface area contributed by atoms with E-state index in [1.54, 1.807) is 20.8 Å². The van der Waals surface area contributed by atoms with Gasteiger partial charge in [-0.15, -0.1) is 0 Å². The van der Waals surface area contributed by atoms with E-state index >= 15 is 0 Å². The second-order valence-corrected chi connectivity index (χ2v) is 5.81. The van der Waals surface area contributed by atoms with E-state index in [2.05, 4.69) is 16.0 Å². The van der Waals surface area contributed by atoms with Gasteiger partial charge in [0.15, 0.2) is 0 Å². The highest BCUT2D eigenvalue weighted by atomic mass is 16.6. The molecule has 0 aromatic rings. The maximum Gasteiger partial charge on any atom is 0.325 e. The zero-order valence-corrected chi connectivity index (χ0v) is 13.9. The molecule has 0 aromatic carbocycles. The Kier molecular flexibility index (Phi) is 9.56. The summed E-state index contributed by atoms with van der Waals surface area (Å²) in [5, 5.41) is 7.05. The van der Waals surface area contributed by atoms with Gasteiger partial charge in [0.1, 0.15) is 12.1 Å². The number of nitrogens with one attached hydrogen (secondary N) is 3. The van der Waals surface area contributed by atoms with E-state index in [0.717, 1.165) is 0 Å². The number of esters is 1. The fraction of sp³-hybridized carbons (Fsp3) is 0.714. The zero-order valence-electron chi connectivity index (χ0n) is 13.9. The largest absolute Gasteiger partial charge is 0.459 e. The van der Waals surface area contributed by atoms with Crippen LogP contribution in [0.2, 0.25) is 0 Å². The molecule has 0 spiro atoms. The molecule has 9 heteroatoms. The summed E-state index contributed by atoms with van der Waals surface area (Å²) in [4.78, 5) is 45.5. The van der Waals surface area contributed by atoms with Gasteiger partial charge in [0.2, 0.25) is 17.7 Å². The number of rotatable bonds is 9. The van der Waals surface area contributed by atoms with Crippen LogP contribution in [0.4, 0.5) is 0 Å². The molecule has 5 N–H and O–H groups in total. The standard InChI is InChI=1S/C14H26N4O5/c1-14(2,3)23-13(22)9-18-12(21)8-17-11(20)7-16-10(19)5-4-6-15/h4-9,15H2,1-3H3,(H,16,19)(H,17,20)(H,18,21). The quantitative estimate of drug-likeness (QED) is 0.376. The fourth-order valence-corrected chi connectivity index (χ4v) is 1.38. The number of ether oxygens (including phenoxy) is 1. The highest BCUT2D eigenvalue weighted by Gasteiger charge is 2.16. The van der Waals surface area contributed by atoms with Crippen molar-refractivity contribution in [2.24, 2.45) is 5.73 Å². The number of nitrogens with two attached hydrogens (primary N) is 1. The summed E-state index contributed by atoms with van der Waals surface area (Å²) in [6.07, 6.45) is 0.792. The van der Waals surface area contributed by atoms with E-state index in [-0.39, 0.29) is 32.0 Å². The first-order valence-corrected chi connectivity index (χ1v) is 7.36. The summed E-state index contributed by atoms with van der Waals surface area (Å²) in [5.41, 5.74) is 4.63. The van der Waals surface area contributed by atoms with Gasteiger partial charge < -0.3 is 26.4 Å². The van der Waals surface area contributed by atoms with Crippen LogP contribution in [0, 0.1) is 0 Å². The second-order valence-electron chi connectivity index (χ2n) is 5.81. The van der Waals surface area contributed by atoms with Crippen molar-refractivity contribution >= 4 is 23.7 Å². The Hall–Kier alpha value is -2.16. The van der Waals surface area contributed by atoms with Crippen LogP contribution in [0.5, 0.6) is 0 Å². The van der Waals surface area contributed by atoms with E-state index in [9.17, 15) is 19.2 Å². The Morgan fingerprint density at radius 1 is 0.870 bits per heavy atom. The summed E-state index contributed by atoms with van der Waals surface area (Å²) in [5.74, 6) is -1.87. The molecule has 0 heterocycles. The predicted molar refractivity (Wildman–Crippen MR) is 83.2 cm³/mol. The van der Waals surface area contributed by atoms with Gasteiger partial charge >= 0.3 is 5.97 Å². The number of hydrogen-bond acceptors (Lipinski definition) is 6. The molecular weight excluding hydrogens is 304 g/mol. The maximum atomic E-state index is 11.5. The molecule has 0 fully saturated rings. The van der Waals surface area contributed by atoms with Crippen molar-refractivity contribution in [1.29, 1.82) is 0 Å². The summed E-state index contributed by atoms with van der Waals surface area (Å²) >= 11 is 0. The Labute approximate surface area is 135 Å². The Morgan fingerprint density at radius 2 is 1.35 bits per heavy atom. The van der Waals surface area contributed by atoms with Crippen molar-refractivity contribution in [3.05, 3.63) is 0 Å². The van der Waals surface area contributed by atoms with Crippen molar-refractivity contribution in [3.63, 3.8) is 0 Å². The lowest BCUT2D eigenvalue weighted by Gasteiger charge is -2.19. The Bertz CT molecular complexity index is 431. The summed E-state index contributed by atoms with van der Waals surface area (Å²) in [6, 6.07) is 0. The molecule has 0 rings (SSSR count). The van der Waals surface area contributed by atoms with Crippen LogP contribution in [-0.4, -0.2) is 55.5 Å². The van der Waals surface area contributed by atoms with Crippen molar-refractivity contribution in [1.82, 2.24) is 16.0 Å². The van der Waals surface area contributed by atoms with Crippen molar-refractivity contribution in [2.75, 3.05) is 26.2 Å². The highest BCUT2D eigenvalue weighted by Crippen LogP contribution is 2.05. The zero-order chi connectivity index (χ0) is 17.9. The van der Waals surface area contributed by atoms with Gasteiger partial charge in [0.05, 0.1) is 13.1 Å². The molecule has 0 atom stereocenters. The van der Waals surface area contributed by atoms with E-state index < -0.39 is 23.4 Å². The molecule has 0 radical (unpaired) electrons. The molecule has 132 valence electrons. The molecule has 0 saturated heterocycles. The number of amides is 3. The molecule has 0 aromatic heterocycles. The Morgan fingerprint density at radius 3 is 1.83 bits per heavy atom. The summed E-state index contributed by atoms with van der Waals surface area (Å²) < 4.78 is 5.01. The van der Waals surface area contributed by atoms with Crippen LogP contribution in [0.3, 0.4) is 0 Å². The summed E-state index contributed by atoms with van der Waals surface area (Å²) in [7, 11) is 0. The van der Waals surface area contributed by atoms with Crippen LogP contribution in [0.1, 0.15) is 33.6 Å². The molecule has 0 unspecified atom stereocenters. The molecule has 9 nitrogen and oxygen atoms in total. The van der Waals surface area contributed by atoms with Crippen LogP contribution in [-0.2, 0) is 23.9 Å². The van der Waals surface area contributed by atoms with Crippen LogP contribution in [0.15, 0.2) is 0 Å². The van der Waals surface area contributed by atoms with Crippen LogP contribution < -0.4 is 21.7 Å². The van der Waals surface area contributed by atoms with Crippen molar-refractivity contribution in [3.8, 4) is 0 Å².